The number of hydrogen-bond acceptors (Lipinski definition) is 2. The summed E-state index contributed by atoms with van der Waals surface area (Å²) in [5.74, 6) is 0. The third kappa shape index (κ3) is 6.97. The molecule has 0 saturated carbocycles. The molecule has 0 aliphatic heterocycles. The average Bonchev–Trinajstić information content (AvgIpc) is 3.83. The second kappa shape index (κ2) is 16.5. The molecule has 10 aromatic carbocycles. The van der Waals surface area contributed by atoms with Crippen molar-refractivity contribution in [2.75, 3.05) is 0 Å². The van der Waals surface area contributed by atoms with Crippen LogP contribution in [-0.2, 0) is 5.41 Å². The Bertz CT molecular complexity index is 3630. The predicted molar refractivity (Wildman–Crippen MR) is 281 cm³/mol. The van der Waals surface area contributed by atoms with Gasteiger partial charge in [0.25, 0.3) is 0 Å². The van der Waals surface area contributed by atoms with Crippen LogP contribution in [0.4, 0.5) is 0 Å². The van der Waals surface area contributed by atoms with E-state index in [0.29, 0.717) is 5.70 Å². The van der Waals surface area contributed by atoms with E-state index in [1.807, 2.05) is 30.3 Å². The quantitative estimate of drug-likeness (QED) is 0.164. The lowest BCUT2D eigenvalue weighted by atomic mass is 9.78. The molecule has 1 aliphatic rings. The summed E-state index contributed by atoms with van der Waals surface area (Å²) in [4.78, 5) is 0. The highest BCUT2D eigenvalue weighted by atomic mass is 15.0. The van der Waals surface area contributed by atoms with Gasteiger partial charge in [-0.05, 0) is 114 Å². The van der Waals surface area contributed by atoms with E-state index in [0.717, 1.165) is 33.5 Å². The third-order valence-electron chi connectivity index (χ3n) is 13.6. The summed E-state index contributed by atoms with van der Waals surface area (Å²) in [5.41, 5.74) is 30.8. The molecule has 3 nitrogen and oxygen atoms in total. The van der Waals surface area contributed by atoms with Crippen molar-refractivity contribution >= 4 is 49.0 Å². The maximum absolute atomic E-state index is 6.79. The number of hydrogen-bond donors (Lipinski definition) is 2. The van der Waals surface area contributed by atoms with Crippen molar-refractivity contribution in [2.24, 2.45) is 11.5 Å². The van der Waals surface area contributed by atoms with Gasteiger partial charge < -0.3 is 16.0 Å². The lowest BCUT2D eigenvalue weighted by Gasteiger charge is -2.25. The number of aromatic nitrogens is 1. The van der Waals surface area contributed by atoms with Crippen LogP contribution in [0.3, 0.4) is 0 Å². The van der Waals surface area contributed by atoms with Crippen LogP contribution in [0.1, 0.15) is 47.7 Å². The smallest absolute Gasteiger partial charge is 0.0588 e. The van der Waals surface area contributed by atoms with Crippen LogP contribution in [0.25, 0.3) is 88.1 Å². The van der Waals surface area contributed by atoms with E-state index in [1.165, 1.54) is 76.7 Å². The second-order valence-corrected chi connectivity index (χ2v) is 18.1. The van der Waals surface area contributed by atoms with Gasteiger partial charge in [-0.2, -0.15) is 0 Å². The fraction of sp³-hybridized carbons (Fsp3) is 0.0794. The Morgan fingerprint density at radius 1 is 0.485 bits per heavy atom. The molecule has 1 heterocycles. The number of para-hydroxylation sites is 1. The van der Waals surface area contributed by atoms with Crippen molar-refractivity contribution in [3.63, 3.8) is 0 Å². The number of rotatable bonds is 6. The summed E-state index contributed by atoms with van der Waals surface area (Å²) in [6, 6.07) is 77.6. The minimum Gasteiger partial charge on any atom is -0.398 e. The second-order valence-electron chi connectivity index (χ2n) is 18.1. The topological polar surface area (TPSA) is 57.0 Å². The Morgan fingerprint density at radius 2 is 1.05 bits per heavy atom. The van der Waals surface area contributed by atoms with E-state index >= 15 is 0 Å². The SMILES string of the molecule is CC1(C)c2c(c3ccccc3c3ccccc23)-c2ccc3c4ccccc4n(-c4cccc(-c5cccc(/C(N)=C/C(N)c6ccc(-c7ccccc7)cc6)c5)c4)c3c21.Cc1ccccc1. The molecule has 1 aromatic heterocycles. The van der Waals surface area contributed by atoms with Gasteiger partial charge in [0.15, 0.2) is 0 Å². The van der Waals surface area contributed by atoms with Crippen LogP contribution < -0.4 is 11.5 Å². The van der Waals surface area contributed by atoms with Gasteiger partial charge >= 0.3 is 0 Å². The van der Waals surface area contributed by atoms with Crippen molar-refractivity contribution in [2.45, 2.75) is 32.2 Å². The Kier molecular flexibility index (Phi) is 10.2. The standard InChI is InChI=1S/C56H43N3.C7H8/c1-56(2)53-46-24-9-7-21-43(46)42-20-6-8-23-45(42)52(53)48-31-30-47-44-22-10-11-25-51(44)59(55(47)54(48)56)41-19-13-17-39(33-41)38-16-12-18-40(32-38)50(58)34-49(57)37-28-26-36(27-29-37)35-14-4-3-5-15-35;1-7-5-3-2-4-6-7/h3-34,49H,57-58H2,1-2H3;2-6H,1H3/b50-34-;. The first kappa shape index (κ1) is 40.8. The molecule has 0 bridgehead atoms. The maximum Gasteiger partial charge on any atom is 0.0588 e. The Hall–Kier alpha value is -7.98. The highest BCUT2D eigenvalue weighted by Crippen LogP contribution is 2.57. The van der Waals surface area contributed by atoms with Crippen LogP contribution in [-0.4, -0.2) is 4.57 Å². The van der Waals surface area contributed by atoms with Gasteiger partial charge in [-0.25, -0.2) is 0 Å². The molecule has 0 fully saturated rings. The van der Waals surface area contributed by atoms with Crippen molar-refractivity contribution in [3.8, 4) is 39.1 Å². The molecule has 318 valence electrons. The zero-order valence-electron chi connectivity index (χ0n) is 37.5. The van der Waals surface area contributed by atoms with Crippen LogP contribution in [0.15, 0.2) is 224 Å². The molecule has 4 N–H and O–H groups in total. The van der Waals surface area contributed by atoms with Crippen LogP contribution in [0.5, 0.6) is 0 Å². The summed E-state index contributed by atoms with van der Waals surface area (Å²) in [6.07, 6.45) is 1.96. The molecule has 66 heavy (non-hydrogen) atoms. The first-order valence-electron chi connectivity index (χ1n) is 22.9. The zero-order valence-corrected chi connectivity index (χ0v) is 37.5. The fourth-order valence-electron chi connectivity index (χ4n) is 10.5. The van der Waals surface area contributed by atoms with Crippen LogP contribution in [0, 0.1) is 6.92 Å². The molecule has 3 heteroatoms. The van der Waals surface area contributed by atoms with Gasteiger partial charge in [-0.15, -0.1) is 0 Å². The van der Waals surface area contributed by atoms with Crippen LogP contribution >= 0.6 is 0 Å². The van der Waals surface area contributed by atoms with Gasteiger partial charge in [-0.1, -0.05) is 214 Å². The molecule has 0 amide bonds. The molecular formula is C63H51N3. The number of aryl methyl sites for hydroxylation is 1. The number of nitrogens with zero attached hydrogens (tertiary/aromatic N) is 1. The predicted octanol–water partition coefficient (Wildman–Crippen LogP) is 15.7. The summed E-state index contributed by atoms with van der Waals surface area (Å²) in [6.45, 7) is 6.93. The normalized spacial score (nSPS) is 13.4. The molecule has 1 atom stereocenters. The highest BCUT2D eigenvalue weighted by Gasteiger charge is 2.41. The molecule has 12 rings (SSSR count). The van der Waals surface area contributed by atoms with Gasteiger partial charge in [0.1, 0.15) is 0 Å². The largest absolute Gasteiger partial charge is 0.398 e. The minimum atomic E-state index is -0.338. The van der Waals surface area contributed by atoms with Crippen molar-refractivity contribution < 1.29 is 0 Å². The molecular weight excluding hydrogens is 799 g/mol. The van der Waals surface area contributed by atoms with Gasteiger partial charge in [0.2, 0.25) is 0 Å². The van der Waals surface area contributed by atoms with E-state index in [-0.39, 0.29) is 11.5 Å². The first-order valence-corrected chi connectivity index (χ1v) is 22.9. The van der Waals surface area contributed by atoms with Crippen molar-refractivity contribution in [1.29, 1.82) is 0 Å². The average molecular weight is 850 g/mol. The molecule has 1 unspecified atom stereocenters. The molecule has 0 spiro atoms. The summed E-state index contributed by atoms with van der Waals surface area (Å²) < 4.78 is 2.51. The van der Waals surface area contributed by atoms with Gasteiger partial charge in [0, 0.05) is 27.6 Å². The van der Waals surface area contributed by atoms with E-state index in [2.05, 4.69) is 219 Å². The fourth-order valence-corrected chi connectivity index (χ4v) is 10.5. The molecule has 11 aromatic rings. The molecule has 0 saturated heterocycles. The third-order valence-corrected chi connectivity index (χ3v) is 13.6. The first-order chi connectivity index (χ1) is 32.3. The summed E-state index contributed by atoms with van der Waals surface area (Å²) >= 11 is 0. The highest BCUT2D eigenvalue weighted by molar-refractivity contribution is 6.21. The number of nitrogens with two attached hydrogens (primary N) is 2. The maximum atomic E-state index is 6.79. The summed E-state index contributed by atoms with van der Waals surface area (Å²) in [7, 11) is 0. The van der Waals surface area contributed by atoms with Crippen molar-refractivity contribution in [1.82, 2.24) is 4.57 Å². The van der Waals surface area contributed by atoms with E-state index in [4.69, 9.17) is 11.5 Å². The number of fused-ring (bicyclic) bond motifs is 12. The lowest BCUT2D eigenvalue weighted by Crippen LogP contribution is -2.17. The van der Waals surface area contributed by atoms with Crippen molar-refractivity contribution in [3.05, 3.63) is 252 Å². The van der Waals surface area contributed by atoms with Gasteiger partial charge in [-0.3, -0.25) is 0 Å². The molecule has 1 aliphatic carbocycles. The Morgan fingerprint density at radius 3 is 1.74 bits per heavy atom. The molecule has 0 radical (unpaired) electrons. The monoisotopic (exact) mass is 849 g/mol. The minimum absolute atomic E-state index is 0.263. The van der Waals surface area contributed by atoms with E-state index in [9.17, 15) is 0 Å². The van der Waals surface area contributed by atoms with Crippen LogP contribution in [0.2, 0.25) is 0 Å². The van der Waals surface area contributed by atoms with E-state index < -0.39 is 0 Å². The Balaban J connectivity index is 0.000000632. The lowest BCUT2D eigenvalue weighted by molar-refractivity contribution is 0.670. The summed E-state index contributed by atoms with van der Waals surface area (Å²) in [5, 5.41) is 7.77. The number of benzene rings is 10. The van der Waals surface area contributed by atoms with E-state index in [1.54, 1.807) is 0 Å². The Labute approximate surface area is 386 Å². The zero-order chi connectivity index (χ0) is 44.9. The van der Waals surface area contributed by atoms with Gasteiger partial charge in [0.05, 0.1) is 17.1 Å².